The Labute approximate surface area is 106 Å². The Morgan fingerprint density at radius 3 is 2.17 bits per heavy atom. The zero-order valence-electron chi connectivity index (χ0n) is 10.6. The van der Waals surface area contributed by atoms with Gasteiger partial charge in [0.15, 0.2) is 0 Å². The molecule has 1 aromatic carbocycles. The molecule has 0 saturated carbocycles. The van der Waals surface area contributed by atoms with Crippen molar-refractivity contribution in [3.8, 4) is 0 Å². The van der Waals surface area contributed by atoms with Crippen molar-refractivity contribution in [1.29, 1.82) is 0 Å². The predicted octanol–water partition coefficient (Wildman–Crippen LogP) is 2.52. The van der Waals surface area contributed by atoms with Crippen molar-refractivity contribution in [2.24, 2.45) is 0 Å². The van der Waals surface area contributed by atoms with Crippen LogP contribution < -0.4 is 5.32 Å². The van der Waals surface area contributed by atoms with Crippen LogP contribution in [0.3, 0.4) is 0 Å². The highest BCUT2D eigenvalue weighted by Crippen LogP contribution is 2.14. The topological polar surface area (TPSA) is 37.8 Å². The minimum absolute atomic E-state index is 0.116. The quantitative estimate of drug-likeness (QED) is 0.899. The van der Waals surface area contributed by atoms with Crippen LogP contribution in [0.5, 0.6) is 0 Å². The molecule has 1 aromatic heterocycles. The van der Waals surface area contributed by atoms with Crippen molar-refractivity contribution in [2.75, 3.05) is 0 Å². The number of rotatable bonds is 4. The molecule has 0 saturated heterocycles. The zero-order chi connectivity index (χ0) is 13.0. The van der Waals surface area contributed by atoms with Crippen LogP contribution >= 0.6 is 0 Å². The molecule has 0 aliphatic heterocycles. The smallest absolute Gasteiger partial charge is 0.129 e. The molecule has 2 rings (SSSR count). The third-order valence-corrected chi connectivity index (χ3v) is 2.77. The van der Waals surface area contributed by atoms with Crippen LogP contribution in [-0.4, -0.2) is 9.97 Å². The summed E-state index contributed by atoms with van der Waals surface area (Å²) in [4.78, 5) is 7.90. The largest absolute Gasteiger partial charge is 0.309 e. The van der Waals surface area contributed by atoms with Gasteiger partial charge in [-0.25, -0.2) is 14.4 Å². The zero-order valence-corrected chi connectivity index (χ0v) is 10.6. The summed E-state index contributed by atoms with van der Waals surface area (Å²) in [6.45, 7) is 4.99. The second-order valence-electron chi connectivity index (χ2n) is 4.39. The first-order valence-electron chi connectivity index (χ1n) is 5.87. The molecule has 0 radical (unpaired) electrons. The third-order valence-electron chi connectivity index (χ3n) is 2.77. The van der Waals surface area contributed by atoms with Gasteiger partial charge in [-0.1, -0.05) is 12.1 Å². The van der Waals surface area contributed by atoms with Gasteiger partial charge in [0.05, 0.1) is 0 Å². The van der Waals surface area contributed by atoms with Gasteiger partial charge in [-0.05, 0) is 30.5 Å². The van der Waals surface area contributed by atoms with Gasteiger partial charge in [0, 0.05) is 31.0 Å². The van der Waals surface area contributed by atoms with Crippen LogP contribution in [0.2, 0.25) is 0 Å². The van der Waals surface area contributed by atoms with Crippen molar-refractivity contribution in [3.63, 3.8) is 0 Å². The molecule has 1 heterocycles. The molecular weight excluding hydrogens is 229 g/mol. The van der Waals surface area contributed by atoms with Gasteiger partial charge in [-0.3, -0.25) is 0 Å². The first-order chi connectivity index (χ1) is 8.66. The predicted molar refractivity (Wildman–Crippen MR) is 68.4 cm³/mol. The Morgan fingerprint density at radius 1 is 1.00 bits per heavy atom. The molecule has 0 unspecified atom stereocenters. The summed E-state index contributed by atoms with van der Waals surface area (Å²) in [5.74, 6) is -0.116. The molecule has 1 N–H and O–H groups in total. The number of halogens is 1. The number of hydrogen-bond acceptors (Lipinski definition) is 3. The highest BCUT2D eigenvalue weighted by molar-refractivity contribution is 5.30. The Balaban J connectivity index is 1.95. The maximum atomic E-state index is 13.5. The molecule has 4 heteroatoms. The molecule has 0 aliphatic carbocycles. The van der Waals surface area contributed by atoms with E-state index in [0.717, 1.165) is 11.1 Å². The lowest BCUT2D eigenvalue weighted by Gasteiger charge is -2.08. The van der Waals surface area contributed by atoms with Gasteiger partial charge in [0.25, 0.3) is 0 Å². The van der Waals surface area contributed by atoms with Gasteiger partial charge in [0.1, 0.15) is 12.1 Å². The molecule has 3 nitrogen and oxygen atoms in total. The van der Waals surface area contributed by atoms with E-state index < -0.39 is 0 Å². The van der Waals surface area contributed by atoms with E-state index in [1.807, 2.05) is 12.1 Å². The number of aryl methyl sites for hydroxylation is 2. The Kier molecular flexibility index (Phi) is 3.99. The molecule has 0 spiro atoms. The average molecular weight is 245 g/mol. The van der Waals surface area contributed by atoms with E-state index in [9.17, 15) is 4.39 Å². The molecule has 94 valence electrons. The number of nitrogens with one attached hydrogen (secondary N) is 1. The molecular formula is C14H16FN3. The third kappa shape index (κ3) is 3.11. The number of benzene rings is 1. The SMILES string of the molecule is Cc1cc(CNCc2cncnc2)cc(C)c1F. The first-order valence-corrected chi connectivity index (χ1v) is 5.87. The van der Waals surface area contributed by atoms with Gasteiger partial charge >= 0.3 is 0 Å². The molecule has 0 amide bonds. The summed E-state index contributed by atoms with van der Waals surface area (Å²) in [5.41, 5.74) is 3.50. The van der Waals surface area contributed by atoms with E-state index in [4.69, 9.17) is 0 Å². The fourth-order valence-electron chi connectivity index (χ4n) is 1.91. The van der Waals surface area contributed by atoms with Crippen molar-refractivity contribution >= 4 is 0 Å². The van der Waals surface area contributed by atoms with E-state index in [1.54, 1.807) is 26.2 Å². The maximum Gasteiger partial charge on any atom is 0.129 e. The van der Waals surface area contributed by atoms with Crippen molar-refractivity contribution < 1.29 is 4.39 Å². The summed E-state index contributed by atoms with van der Waals surface area (Å²) >= 11 is 0. The molecule has 0 aliphatic rings. The molecule has 2 aromatic rings. The highest BCUT2D eigenvalue weighted by Gasteiger charge is 2.04. The lowest BCUT2D eigenvalue weighted by molar-refractivity contribution is 0.606. The fourth-order valence-corrected chi connectivity index (χ4v) is 1.91. The molecule has 0 bridgehead atoms. The fraction of sp³-hybridized carbons (Fsp3) is 0.286. The van der Waals surface area contributed by atoms with Crippen LogP contribution in [0.4, 0.5) is 4.39 Å². The summed E-state index contributed by atoms with van der Waals surface area (Å²) in [6.07, 6.45) is 5.07. The van der Waals surface area contributed by atoms with Crippen LogP contribution in [0.1, 0.15) is 22.3 Å². The van der Waals surface area contributed by atoms with Crippen LogP contribution in [0.25, 0.3) is 0 Å². The summed E-state index contributed by atoms with van der Waals surface area (Å²) in [7, 11) is 0. The molecule has 18 heavy (non-hydrogen) atoms. The van der Waals surface area contributed by atoms with Crippen LogP contribution in [0, 0.1) is 19.7 Å². The van der Waals surface area contributed by atoms with Crippen molar-refractivity contribution in [3.05, 3.63) is 58.9 Å². The van der Waals surface area contributed by atoms with Crippen molar-refractivity contribution in [2.45, 2.75) is 26.9 Å². The Bertz CT molecular complexity index is 503. The van der Waals surface area contributed by atoms with E-state index in [0.29, 0.717) is 24.2 Å². The number of aromatic nitrogens is 2. The van der Waals surface area contributed by atoms with E-state index >= 15 is 0 Å². The average Bonchev–Trinajstić information content (AvgIpc) is 2.37. The lowest BCUT2D eigenvalue weighted by Crippen LogP contribution is -2.13. The second-order valence-corrected chi connectivity index (χ2v) is 4.39. The van der Waals surface area contributed by atoms with Gasteiger partial charge in [0.2, 0.25) is 0 Å². The van der Waals surface area contributed by atoms with E-state index in [2.05, 4.69) is 15.3 Å². The molecule has 0 fully saturated rings. The Morgan fingerprint density at radius 2 is 1.56 bits per heavy atom. The minimum Gasteiger partial charge on any atom is -0.309 e. The monoisotopic (exact) mass is 245 g/mol. The van der Waals surface area contributed by atoms with Gasteiger partial charge in [-0.15, -0.1) is 0 Å². The lowest BCUT2D eigenvalue weighted by atomic mass is 10.1. The van der Waals surface area contributed by atoms with Crippen LogP contribution in [-0.2, 0) is 13.1 Å². The summed E-state index contributed by atoms with van der Waals surface area (Å²) in [5, 5.41) is 3.29. The van der Waals surface area contributed by atoms with Crippen LogP contribution in [0.15, 0.2) is 30.9 Å². The summed E-state index contributed by atoms with van der Waals surface area (Å²) < 4.78 is 13.5. The van der Waals surface area contributed by atoms with Gasteiger partial charge in [-0.2, -0.15) is 0 Å². The highest BCUT2D eigenvalue weighted by atomic mass is 19.1. The number of nitrogens with zero attached hydrogens (tertiary/aromatic N) is 2. The second kappa shape index (κ2) is 5.69. The number of hydrogen-bond donors (Lipinski definition) is 1. The molecule has 0 atom stereocenters. The van der Waals surface area contributed by atoms with E-state index in [-0.39, 0.29) is 5.82 Å². The first kappa shape index (κ1) is 12.6. The minimum atomic E-state index is -0.116. The van der Waals surface area contributed by atoms with E-state index in [1.165, 1.54) is 6.33 Å². The van der Waals surface area contributed by atoms with Crippen molar-refractivity contribution in [1.82, 2.24) is 15.3 Å². The summed E-state index contributed by atoms with van der Waals surface area (Å²) in [6, 6.07) is 3.74. The maximum absolute atomic E-state index is 13.5. The Hall–Kier alpha value is -1.81. The van der Waals surface area contributed by atoms with Gasteiger partial charge < -0.3 is 5.32 Å². The normalized spacial score (nSPS) is 10.6. The standard InChI is InChI=1S/C14H16FN3/c1-10-3-12(4-11(2)14(10)15)5-16-6-13-7-17-9-18-8-13/h3-4,7-9,16H,5-6H2,1-2H3.